The number of ether oxygens (including phenoxy) is 1. The Labute approximate surface area is 199 Å². The standard InChI is InChI=1S/C27H44N2O4/c1-15(28)24(31)29-16(2)25(32)33-19-10-12-26(4)18(14-19)6-7-20-22-9-8-21(17(3)30)27(22,5)13-11-23(20)26/h15-16,18-23H,6-14,28H2,1-5H3,(H,29,31)/t15-,16-,18-,19+,20-,21+,22-,23-,26-,27+/m0/s1. The SMILES string of the molecule is CC(=O)[C@H]1CC[C@H]2[C@@H]3CC[C@H]4C[C@H](OC(=O)[C@H](C)NC(=O)[C@H](C)N)CC[C@]4(C)[C@H]3CC[C@]12C. The second-order valence-electron chi connectivity index (χ2n) is 12.3. The van der Waals surface area contributed by atoms with Gasteiger partial charge in [0.25, 0.3) is 0 Å². The molecule has 0 heterocycles. The van der Waals surface area contributed by atoms with Crippen molar-refractivity contribution in [1.82, 2.24) is 5.32 Å². The summed E-state index contributed by atoms with van der Waals surface area (Å²) < 4.78 is 5.86. The average molecular weight is 461 g/mol. The van der Waals surface area contributed by atoms with Crippen molar-refractivity contribution in [2.45, 2.75) is 111 Å². The second-order valence-corrected chi connectivity index (χ2v) is 12.3. The smallest absolute Gasteiger partial charge is 0.328 e. The Morgan fingerprint density at radius 1 is 0.939 bits per heavy atom. The molecule has 6 nitrogen and oxygen atoms in total. The van der Waals surface area contributed by atoms with Crippen molar-refractivity contribution in [1.29, 1.82) is 0 Å². The molecule has 0 saturated heterocycles. The van der Waals surface area contributed by atoms with Gasteiger partial charge in [-0.2, -0.15) is 0 Å². The molecule has 0 spiro atoms. The molecule has 6 heteroatoms. The van der Waals surface area contributed by atoms with E-state index in [1.165, 1.54) is 32.1 Å². The summed E-state index contributed by atoms with van der Waals surface area (Å²) in [6.07, 6.45) is 10.0. The number of amides is 1. The second kappa shape index (κ2) is 8.98. The Kier molecular flexibility index (Phi) is 6.71. The molecule has 4 saturated carbocycles. The first-order valence-electron chi connectivity index (χ1n) is 13.2. The van der Waals surface area contributed by atoms with Crippen molar-refractivity contribution in [2.75, 3.05) is 0 Å². The fraction of sp³-hybridized carbons (Fsp3) is 0.889. The van der Waals surface area contributed by atoms with Gasteiger partial charge < -0.3 is 15.8 Å². The number of carbonyl (C=O) groups is 3. The molecule has 4 aliphatic rings. The first-order chi connectivity index (χ1) is 15.5. The molecule has 33 heavy (non-hydrogen) atoms. The third-order valence-corrected chi connectivity index (χ3v) is 10.5. The first-order valence-corrected chi connectivity index (χ1v) is 13.2. The number of Topliss-reactive ketones (excluding diaryl/α,β-unsaturated/α-hetero) is 1. The Morgan fingerprint density at radius 3 is 2.27 bits per heavy atom. The van der Waals surface area contributed by atoms with Crippen LogP contribution >= 0.6 is 0 Å². The Morgan fingerprint density at radius 2 is 1.61 bits per heavy atom. The van der Waals surface area contributed by atoms with Crippen molar-refractivity contribution in [3.8, 4) is 0 Å². The topological polar surface area (TPSA) is 98.5 Å². The molecular formula is C27H44N2O4. The van der Waals surface area contributed by atoms with Crippen LogP contribution in [0.4, 0.5) is 0 Å². The van der Waals surface area contributed by atoms with E-state index in [-0.39, 0.29) is 29.3 Å². The minimum Gasteiger partial charge on any atom is -0.461 e. The van der Waals surface area contributed by atoms with E-state index >= 15 is 0 Å². The van der Waals surface area contributed by atoms with Gasteiger partial charge in [0.15, 0.2) is 0 Å². The number of carbonyl (C=O) groups excluding carboxylic acids is 3. The van der Waals surface area contributed by atoms with Gasteiger partial charge in [0.1, 0.15) is 17.9 Å². The highest BCUT2D eigenvalue weighted by atomic mass is 16.5. The maximum Gasteiger partial charge on any atom is 0.328 e. The minimum atomic E-state index is -0.680. The summed E-state index contributed by atoms with van der Waals surface area (Å²) in [5.41, 5.74) is 6.09. The summed E-state index contributed by atoms with van der Waals surface area (Å²) in [6, 6.07) is -1.33. The van der Waals surface area contributed by atoms with Crippen LogP contribution in [0.5, 0.6) is 0 Å². The highest BCUT2D eigenvalue weighted by Gasteiger charge is 2.61. The number of nitrogens with two attached hydrogens (primary N) is 1. The number of rotatable bonds is 5. The monoisotopic (exact) mass is 460 g/mol. The summed E-state index contributed by atoms with van der Waals surface area (Å²) in [7, 11) is 0. The van der Waals surface area contributed by atoms with Crippen LogP contribution in [0.15, 0.2) is 0 Å². The molecule has 0 bridgehead atoms. The van der Waals surface area contributed by atoms with Crippen LogP contribution in [0, 0.1) is 40.4 Å². The molecule has 4 aliphatic carbocycles. The molecule has 0 aromatic carbocycles. The lowest BCUT2D eigenvalue weighted by Gasteiger charge is -2.61. The summed E-state index contributed by atoms with van der Waals surface area (Å²) in [6.45, 7) is 9.97. The van der Waals surface area contributed by atoms with E-state index in [1.54, 1.807) is 20.8 Å². The highest BCUT2D eigenvalue weighted by Crippen LogP contribution is 2.67. The van der Waals surface area contributed by atoms with E-state index in [1.807, 2.05) is 0 Å². The van der Waals surface area contributed by atoms with Crippen molar-refractivity contribution in [3.05, 3.63) is 0 Å². The van der Waals surface area contributed by atoms with E-state index < -0.39 is 12.1 Å². The van der Waals surface area contributed by atoms with Gasteiger partial charge in [-0.3, -0.25) is 9.59 Å². The zero-order valence-electron chi connectivity index (χ0n) is 21.2. The molecule has 0 aliphatic heterocycles. The van der Waals surface area contributed by atoms with Gasteiger partial charge in [0.05, 0.1) is 6.04 Å². The van der Waals surface area contributed by atoms with E-state index in [9.17, 15) is 14.4 Å². The molecule has 0 aromatic heterocycles. The molecule has 10 atom stereocenters. The zero-order valence-corrected chi connectivity index (χ0v) is 21.2. The molecule has 3 N–H and O–H groups in total. The lowest BCUT2D eigenvalue weighted by atomic mass is 9.44. The molecule has 186 valence electrons. The Balaban J connectivity index is 1.39. The van der Waals surface area contributed by atoms with Gasteiger partial charge in [-0.1, -0.05) is 13.8 Å². The molecule has 4 rings (SSSR count). The van der Waals surface area contributed by atoms with Crippen LogP contribution in [0.25, 0.3) is 0 Å². The fourth-order valence-electron chi connectivity index (χ4n) is 8.66. The van der Waals surface area contributed by atoms with Crippen molar-refractivity contribution < 1.29 is 19.1 Å². The average Bonchev–Trinajstić information content (AvgIpc) is 3.11. The van der Waals surface area contributed by atoms with E-state index in [4.69, 9.17) is 10.5 Å². The minimum absolute atomic E-state index is 0.0655. The third-order valence-electron chi connectivity index (χ3n) is 10.5. The number of fused-ring (bicyclic) bond motifs is 5. The quantitative estimate of drug-likeness (QED) is 0.604. The molecular weight excluding hydrogens is 416 g/mol. The van der Waals surface area contributed by atoms with E-state index in [0.29, 0.717) is 23.0 Å². The molecule has 4 fully saturated rings. The van der Waals surface area contributed by atoms with Gasteiger partial charge in [0.2, 0.25) is 5.91 Å². The van der Waals surface area contributed by atoms with Crippen LogP contribution in [0.3, 0.4) is 0 Å². The van der Waals surface area contributed by atoms with Crippen LogP contribution in [0.2, 0.25) is 0 Å². The predicted molar refractivity (Wildman–Crippen MR) is 127 cm³/mol. The normalized spacial score (nSPS) is 43.9. The predicted octanol–water partition coefficient (Wildman–Crippen LogP) is 4.00. The van der Waals surface area contributed by atoms with E-state index in [2.05, 4.69) is 19.2 Å². The maximum atomic E-state index is 12.6. The van der Waals surface area contributed by atoms with Gasteiger partial charge in [-0.05, 0) is 113 Å². The van der Waals surface area contributed by atoms with Gasteiger partial charge in [-0.15, -0.1) is 0 Å². The lowest BCUT2D eigenvalue weighted by molar-refractivity contribution is -0.165. The van der Waals surface area contributed by atoms with Crippen LogP contribution in [-0.4, -0.2) is 35.8 Å². The fourth-order valence-corrected chi connectivity index (χ4v) is 8.66. The number of hydrogen-bond donors (Lipinski definition) is 2. The van der Waals surface area contributed by atoms with Gasteiger partial charge in [0, 0.05) is 5.92 Å². The summed E-state index contributed by atoms with van der Waals surface area (Å²) >= 11 is 0. The molecule has 0 aromatic rings. The number of ketones is 1. The maximum absolute atomic E-state index is 12.6. The summed E-state index contributed by atoms with van der Waals surface area (Å²) in [5.74, 6) is 2.68. The zero-order chi connectivity index (χ0) is 24.1. The Hall–Kier alpha value is -1.43. The highest BCUT2D eigenvalue weighted by molar-refractivity contribution is 5.86. The summed E-state index contributed by atoms with van der Waals surface area (Å²) in [5, 5.41) is 2.64. The van der Waals surface area contributed by atoms with Crippen LogP contribution < -0.4 is 11.1 Å². The Bertz CT molecular complexity index is 797. The largest absolute Gasteiger partial charge is 0.461 e. The van der Waals surface area contributed by atoms with Crippen molar-refractivity contribution in [3.63, 3.8) is 0 Å². The molecule has 1 amide bonds. The van der Waals surface area contributed by atoms with Gasteiger partial charge in [-0.25, -0.2) is 4.79 Å². The van der Waals surface area contributed by atoms with E-state index in [0.717, 1.165) is 37.5 Å². The molecule has 0 radical (unpaired) electrons. The van der Waals surface area contributed by atoms with Crippen molar-refractivity contribution >= 4 is 17.7 Å². The number of esters is 1. The van der Waals surface area contributed by atoms with Gasteiger partial charge >= 0.3 is 5.97 Å². The summed E-state index contributed by atoms with van der Waals surface area (Å²) in [4.78, 5) is 36.7. The van der Waals surface area contributed by atoms with Crippen molar-refractivity contribution in [2.24, 2.45) is 46.2 Å². The number of nitrogens with one attached hydrogen (secondary N) is 1. The number of hydrogen-bond acceptors (Lipinski definition) is 5. The van der Waals surface area contributed by atoms with Crippen LogP contribution in [-0.2, 0) is 19.1 Å². The lowest BCUT2D eigenvalue weighted by Crippen LogP contribution is -2.54. The first kappa shape index (κ1) is 24.7. The van der Waals surface area contributed by atoms with Crippen LogP contribution in [0.1, 0.15) is 92.4 Å². The molecule has 0 unspecified atom stereocenters. The third kappa shape index (κ3) is 4.26.